The Morgan fingerprint density at radius 2 is 2.20 bits per heavy atom. The molecule has 4 unspecified atom stereocenters. The maximum atomic E-state index is 5.99. The number of hydrogen-bond acceptors (Lipinski definition) is 3. The van der Waals surface area contributed by atoms with Crippen LogP contribution in [-0.4, -0.2) is 31.3 Å². The smallest absolute Gasteiger partial charge is 0.0509 e. The predicted octanol–water partition coefficient (Wildman–Crippen LogP) is 1.27. The maximum absolute atomic E-state index is 5.99. The minimum atomic E-state index is 0.420. The highest BCUT2D eigenvalue weighted by atomic mass is 16.5. The highest BCUT2D eigenvalue weighted by Crippen LogP contribution is 2.21. The van der Waals surface area contributed by atoms with E-state index in [1.54, 1.807) is 0 Å². The normalized spacial score (nSPS) is 39.2. The molecule has 0 aromatic carbocycles. The number of nitrogens with one attached hydrogen (secondary N) is 1. The fourth-order valence-electron chi connectivity index (χ4n) is 2.83. The molecule has 2 aliphatic rings. The summed E-state index contributed by atoms with van der Waals surface area (Å²) in [6, 6.07) is 1.65. The Hall–Kier alpha value is -0.120. The average molecular weight is 212 g/mol. The van der Waals surface area contributed by atoms with Gasteiger partial charge in [0.15, 0.2) is 0 Å². The number of nitrogens with two attached hydrogens (primary N) is 1. The molecule has 3 N–H and O–H groups in total. The molecular formula is C12H24N2O. The number of ether oxygens (including phenoxy) is 1. The Labute approximate surface area is 92.7 Å². The van der Waals surface area contributed by atoms with Gasteiger partial charge in [-0.15, -0.1) is 0 Å². The molecule has 0 aromatic heterocycles. The molecule has 0 bridgehead atoms. The molecule has 0 amide bonds. The van der Waals surface area contributed by atoms with Crippen molar-refractivity contribution in [3.63, 3.8) is 0 Å². The average Bonchev–Trinajstić information content (AvgIpc) is 2.70. The van der Waals surface area contributed by atoms with Crippen molar-refractivity contribution in [1.82, 2.24) is 5.32 Å². The van der Waals surface area contributed by atoms with Crippen LogP contribution in [0, 0.1) is 5.92 Å². The Morgan fingerprint density at radius 1 is 1.33 bits per heavy atom. The summed E-state index contributed by atoms with van der Waals surface area (Å²) in [5.74, 6) is 0.711. The van der Waals surface area contributed by atoms with E-state index in [1.165, 1.54) is 25.7 Å². The summed E-state index contributed by atoms with van der Waals surface area (Å²) in [6.07, 6.45) is 6.16. The molecule has 1 saturated heterocycles. The van der Waals surface area contributed by atoms with Crippen LogP contribution in [0.3, 0.4) is 0 Å². The maximum Gasteiger partial charge on any atom is 0.0509 e. The van der Waals surface area contributed by atoms with E-state index in [0.717, 1.165) is 19.6 Å². The number of hydrogen-bond donors (Lipinski definition) is 2. The van der Waals surface area contributed by atoms with Crippen molar-refractivity contribution in [3.8, 4) is 0 Å². The van der Waals surface area contributed by atoms with E-state index in [-0.39, 0.29) is 0 Å². The standard InChI is InChI=1S/C12H24N2O/c1-9(10-5-6-15-8-10)14-12-4-2-3-11(13)7-12/h9-12,14H,2-8,13H2,1H3. The first-order valence-electron chi connectivity index (χ1n) is 6.35. The van der Waals surface area contributed by atoms with Gasteiger partial charge in [-0.25, -0.2) is 0 Å². The highest BCUT2D eigenvalue weighted by Gasteiger charge is 2.26. The lowest BCUT2D eigenvalue weighted by atomic mass is 9.90. The zero-order valence-electron chi connectivity index (χ0n) is 9.74. The fourth-order valence-corrected chi connectivity index (χ4v) is 2.83. The molecular weight excluding hydrogens is 188 g/mol. The van der Waals surface area contributed by atoms with E-state index in [0.29, 0.717) is 24.0 Å². The summed E-state index contributed by atoms with van der Waals surface area (Å²) < 4.78 is 5.42. The van der Waals surface area contributed by atoms with Crippen molar-refractivity contribution in [2.24, 2.45) is 11.7 Å². The highest BCUT2D eigenvalue weighted by molar-refractivity contribution is 4.84. The minimum absolute atomic E-state index is 0.420. The third-order valence-corrected chi connectivity index (χ3v) is 3.89. The molecule has 4 atom stereocenters. The van der Waals surface area contributed by atoms with Gasteiger partial charge in [0.05, 0.1) is 6.61 Å². The van der Waals surface area contributed by atoms with Gasteiger partial charge < -0.3 is 15.8 Å². The van der Waals surface area contributed by atoms with Crippen molar-refractivity contribution in [3.05, 3.63) is 0 Å². The fraction of sp³-hybridized carbons (Fsp3) is 1.00. The van der Waals surface area contributed by atoms with Gasteiger partial charge in [0.25, 0.3) is 0 Å². The zero-order valence-corrected chi connectivity index (χ0v) is 9.74. The molecule has 0 aromatic rings. The van der Waals surface area contributed by atoms with Crippen LogP contribution in [0.15, 0.2) is 0 Å². The van der Waals surface area contributed by atoms with E-state index < -0.39 is 0 Å². The van der Waals surface area contributed by atoms with E-state index in [2.05, 4.69) is 12.2 Å². The Kier molecular flexibility index (Phi) is 4.00. The molecule has 1 heterocycles. The summed E-state index contributed by atoms with van der Waals surface area (Å²) in [7, 11) is 0. The Bertz CT molecular complexity index is 192. The van der Waals surface area contributed by atoms with Crippen LogP contribution in [0.4, 0.5) is 0 Å². The van der Waals surface area contributed by atoms with Gasteiger partial charge in [0, 0.05) is 24.7 Å². The molecule has 1 saturated carbocycles. The summed E-state index contributed by atoms with van der Waals surface area (Å²) in [5.41, 5.74) is 5.99. The zero-order chi connectivity index (χ0) is 10.7. The first kappa shape index (κ1) is 11.4. The molecule has 1 aliphatic carbocycles. The molecule has 15 heavy (non-hydrogen) atoms. The lowest BCUT2D eigenvalue weighted by Crippen LogP contribution is -2.45. The molecule has 0 radical (unpaired) electrons. The van der Waals surface area contributed by atoms with E-state index in [9.17, 15) is 0 Å². The van der Waals surface area contributed by atoms with E-state index in [1.807, 2.05) is 0 Å². The first-order valence-corrected chi connectivity index (χ1v) is 6.35. The largest absolute Gasteiger partial charge is 0.381 e. The lowest BCUT2D eigenvalue weighted by Gasteiger charge is -2.31. The topological polar surface area (TPSA) is 47.3 Å². The second kappa shape index (κ2) is 5.28. The molecule has 2 fully saturated rings. The van der Waals surface area contributed by atoms with Gasteiger partial charge in [-0.3, -0.25) is 0 Å². The monoisotopic (exact) mass is 212 g/mol. The van der Waals surface area contributed by atoms with Gasteiger partial charge >= 0.3 is 0 Å². The third kappa shape index (κ3) is 3.16. The van der Waals surface area contributed by atoms with Crippen molar-refractivity contribution < 1.29 is 4.74 Å². The van der Waals surface area contributed by atoms with Gasteiger partial charge in [-0.2, -0.15) is 0 Å². The molecule has 3 heteroatoms. The quantitative estimate of drug-likeness (QED) is 0.740. The summed E-state index contributed by atoms with van der Waals surface area (Å²) >= 11 is 0. The van der Waals surface area contributed by atoms with Crippen molar-refractivity contribution in [2.75, 3.05) is 13.2 Å². The SMILES string of the molecule is CC(NC1CCCC(N)C1)C1CCOC1. The van der Waals surface area contributed by atoms with Crippen LogP contribution in [-0.2, 0) is 4.74 Å². The van der Waals surface area contributed by atoms with Gasteiger partial charge in [-0.1, -0.05) is 6.42 Å². The third-order valence-electron chi connectivity index (χ3n) is 3.89. The van der Waals surface area contributed by atoms with E-state index >= 15 is 0 Å². The molecule has 0 spiro atoms. The predicted molar refractivity (Wildman–Crippen MR) is 61.8 cm³/mol. The summed E-state index contributed by atoms with van der Waals surface area (Å²) in [6.45, 7) is 4.17. The number of rotatable bonds is 3. The minimum Gasteiger partial charge on any atom is -0.381 e. The van der Waals surface area contributed by atoms with Crippen LogP contribution in [0.25, 0.3) is 0 Å². The first-order chi connectivity index (χ1) is 7.25. The summed E-state index contributed by atoms with van der Waals surface area (Å²) in [4.78, 5) is 0. The van der Waals surface area contributed by atoms with Crippen molar-refractivity contribution in [2.45, 2.75) is 57.2 Å². The van der Waals surface area contributed by atoms with Crippen LogP contribution in [0.2, 0.25) is 0 Å². The summed E-state index contributed by atoms with van der Waals surface area (Å²) in [5, 5.41) is 3.73. The second-order valence-electron chi connectivity index (χ2n) is 5.20. The van der Waals surface area contributed by atoms with Crippen LogP contribution < -0.4 is 11.1 Å². The lowest BCUT2D eigenvalue weighted by molar-refractivity contribution is 0.174. The molecule has 88 valence electrons. The second-order valence-corrected chi connectivity index (χ2v) is 5.20. The molecule has 2 rings (SSSR count). The molecule has 3 nitrogen and oxygen atoms in total. The van der Waals surface area contributed by atoms with Crippen molar-refractivity contribution >= 4 is 0 Å². The van der Waals surface area contributed by atoms with Crippen LogP contribution in [0.5, 0.6) is 0 Å². The van der Waals surface area contributed by atoms with Gasteiger partial charge in [0.2, 0.25) is 0 Å². The Balaban J connectivity index is 1.74. The van der Waals surface area contributed by atoms with E-state index in [4.69, 9.17) is 10.5 Å². The molecule has 1 aliphatic heterocycles. The van der Waals surface area contributed by atoms with Crippen LogP contribution in [0.1, 0.15) is 39.0 Å². The van der Waals surface area contributed by atoms with Gasteiger partial charge in [-0.05, 0) is 38.5 Å². The van der Waals surface area contributed by atoms with Gasteiger partial charge in [0.1, 0.15) is 0 Å². The van der Waals surface area contributed by atoms with Crippen molar-refractivity contribution in [1.29, 1.82) is 0 Å². The Morgan fingerprint density at radius 3 is 2.87 bits per heavy atom. The van der Waals surface area contributed by atoms with Crippen LogP contribution >= 0.6 is 0 Å².